The first-order chi connectivity index (χ1) is 8.16. The molecular formula is C13H15NO3. The number of carbonyl (C=O) groups is 2. The number of hydrogen-bond donors (Lipinski definition) is 0. The van der Waals surface area contributed by atoms with E-state index in [1.54, 1.807) is 0 Å². The summed E-state index contributed by atoms with van der Waals surface area (Å²) < 4.78 is 5.18. The van der Waals surface area contributed by atoms with Crippen molar-refractivity contribution < 1.29 is 14.3 Å². The molecule has 0 aromatic heterocycles. The summed E-state index contributed by atoms with van der Waals surface area (Å²) in [6.45, 7) is 2.90. The molecule has 1 aromatic carbocycles. The smallest absolute Gasteiger partial charge is 0.410 e. The van der Waals surface area contributed by atoms with Crippen LogP contribution in [0.3, 0.4) is 0 Å². The third-order valence-corrected chi connectivity index (χ3v) is 2.90. The summed E-state index contributed by atoms with van der Waals surface area (Å²) in [6.07, 6.45) is 0.0403. The Labute approximate surface area is 100 Å². The van der Waals surface area contributed by atoms with Gasteiger partial charge < -0.3 is 9.64 Å². The minimum atomic E-state index is -0.404. The zero-order chi connectivity index (χ0) is 12.3. The van der Waals surface area contributed by atoms with Crippen molar-refractivity contribution in [3.8, 4) is 0 Å². The number of ether oxygens (including phenoxy) is 1. The van der Waals surface area contributed by atoms with Crippen LogP contribution in [0.15, 0.2) is 24.3 Å². The molecule has 0 spiro atoms. The number of aryl methyl sites for hydroxylation is 1. The third kappa shape index (κ3) is 2.84. The lowest BCUT2D eigenvalue weighted by molar-refractivity contribution is -0.116. The number of hydrogen-bond acceptors (Lipinski definition) is 3. The Kier molecular flexibility index (Phi) is 3.42. The maximum absolute atomic E-state index is 11.6. The van der Waals surface area contributed by atoms with Crippen LogP contribution in [0.25, 0.3) is 0 Å². The molecule has 1 heterocycles. The Morgan fingerprint density at radius 2 is 2.18 bits per heavy atom. The molecule has 2 rings (SSSR count). The molecule has 1 aromatic rings. The average molecular weight is 233 g/mol. The topological polar surface area (TPSA) is 46.6 Å². The summed E-state index contributed by atoms with van der Waals surface area (Å²) in [6, 6.07) is 7.76. The fourth-order valence-electron chi connectivity index (χ4n) is 1.79. The Hall–Kier alpha value is -1.84. The standard InChI is InChI=1S/C13H15NO3/c1-10-4-2-3-5-11(10)9-17-13(16)14-7-6-12(15)8-14/h2-5H,6-9H2,1H3. The largest absolute Gasteiger partial charge is 0.445 e. The molecule has 1 amide bonds. The van der Waals surface area contributed by atoms with Crippen LogP contribution in [-0.2, 0) is 16.1 Å². The van der Waals surface area contributed by atoms with Crippen molar-refractivity contribution in [2.45, 2.75) is 20.0 Å². The van der Waals surface area contributed by atoms with E-state index in [2.05, 4.69) is 0 Å². The van der Waals surface area contributed by atoms with Crippen molar-refractivity contribution in [3.63, 3.8) is 0 Å². The van der Waals surface area contributed by atoms with E-state index in [4.69, 9.17) is 4.74 Å². The minimum absolute atomic E-state index is 0.0952. The molecule has 0 aliphatic carbocycles. The number of rotatable bonds is 2. The first-order valence-corrected chi connectivity index (χ1v) is 5.65. The molecule has 1 aliphatic heterocycles. The quantitative estimate of drug-likeness (QED) is 0.783. The number of likely N-dealkylation sites (tertiary alicyclic amines) is 1. The van der Waals surface area contributed by atoms with Gasteiger partial charge in [0.05, 0.1) is 6.54 Å². The average Bonchev–Trinajstić information content (AvgIpc) is 2.74. The number of nitrogens with zero attached hydrogens (tertiary/aromatic N) is 1. The number of carbonyl (C=O) groups excluding carboxylic acids is 2. The molecule has 1 fully saturated rings. The van der Waals surface area contributed by atoms with Gasteiger partial charge in [0.2, 0.25) is 0 Å². The maximum atomic E-state index is 11.6. The van der Waals surface area contributed by atoms with Crippen LogP contribution in [-0.4, -0.2) is 29.9 Å². The Morgan fingerprint density at radius 1 is 1.41 bits per heavy atom. The maximum Gasteiger partial charge on any atom is 0.410 e. The van der Waals surface area contributed by atoms with E-state index in [0.717, 1.165) is 11.1 Å². The van der Waals surface area contributed by atoms with Crippen LogP contribution in [0.4, 0.5) is 4.79 Å². The molecule has 1 saturated heterocycles. The molecule has 4 nitrogen and oxygen atoms in total. The highest BCUT2D eigenvalue weighted by molar-refractivity contribution is 5.87. The molecular weight excluding hydrogens is 218 g/mol. The summed E-state index contributed by atoms with van der Waals surface area (Å²) in [7, 11) is 0. The van der Waals surface area contributed by atoms with Gasteiger partial charge in [0.1, 0.15) is 6.61 Å². The molecule has 0 bridgehead atoms. The van der Waals surface area contributed by atoms with E-state index in [1.165, 1.54) is 4.90 Å². The lowest BCUT2D eigenvalue weighted by atomic mass is 10.1. The van der Waals surface area contributed by atoms with Crippen molar-refractivity contribution >= 4 is 11.9 Å². The van der Waals surface area contributed by atoms with Crippen molar-refractivity contribution in [2.75, 3.05) is 13.1 Å². The zero-order valence-corrected chi connectivity index (χ0v) is 9.81. The van der Waals surface area contributed by atoms with Crippen LogP contribution in [0.1, 0.15) is 17.5 Å². The lowest BCUT2D eigenvalue weighted by Crippen LogP contribution is -2.29. The number of benzene rings is 1. The van der Waals surface area contributed by atoms with Gasteiger partial charge in [-0.3, -0.25) is 4.79 Å². The molecule has 17 heavy (non-hydrogen) atoms. The van der Waals surface area contributed by atoms with E-state index in [0.29, 0.717) is 13.0 Å². The highest BCUT2D eigenvalue weighted by Gasteiger charge is 2.24. The second-order valence-corrected chi connectivity index (χ2v) is 4.19. The predicted octanol–water partition coefficient (Wildman–Crippen LogP) is 1.91. The highest BCUT2D eigenvalue weighted by Crippen LogP contribution is 2.11. The fraction of sp³-hybridized carbons (Fsp3) is 0.385. The molecule has 0 N–H and O–H groups in total. The van der Waals surface area contributed by atoms with E-state index in [9.17, 15) is 9.59 Å². The van der Waals surface area contributed by atoms with Crippen LogP contribution in [0, 0.1) is 6.92 Å². The molecule has 4 heteroatoms. The van der Waals surface area contributed by atoms with Gasteiger partial charge in [-0.05, 0) is 18.1 Å². The van der Waals surface area contributed by atoms with E-state index in [-0.39, 0.29) is 18.9 Å². The second-order valence-electron chi connectivity index (χ2n) is 4.19. The Morgan fingerprint density at radius 3 is 2.82 bits per heavy atom. The molecule has 0 radical (unpaired) electrons. The van der Waals surface area contributed by atoms with Gasteiger partial charge in [0.25, 0.3) is 0 Å². The van der Waals surface area contributed by atoms with Gasteiger partial charge in [-0.25, -0.2) is 4.79 Å². The predicted molar refractivity (Wildman–Crippen MR) is 62.6 cm³/mol. The highest BCUT2D eigenvalue weighted by atomic mass is 16.6. The van der Waals surface area contributed by atoms with E-state index in [1.807, 2.05) is 31.2 Å². The van der Waals surface area contributed by atoms with Crippen LogP contribution in [0.2, 0.25) is 0 Å². The Bertz CT molecular complexity index is 442. The fourth-order valence-corrected chi connectivity index (χ4v) is 1.79. The van der Waals surface area contributed by atoms with Crippen LogP contribution < -0.4 is 0 Å². The molecule has 0 saturated carbocycles. The molecule has 0 atom stereocenters. The summed E-state index contributed by atoms with van der Waals surface area (Å²) in [5.41, 5.74) is 2.09. The summed E-state index contributed by atoms with van der Waals surface area (Å²) in [5.74, 6) is 0.0952. The monoisotopic (exact) mass is 233 g/mol. The first-order valence-electron chi connectivity index (χ1n) is 5.65. The summed E-state index contributed by atoms with van der Waals surface area (Å²) in [4.78, 5) is 24.1. The lowest BCUT2D eigenvalue weighted by Gasteiger charge is -2.14. The molecule has 1 aliphatic rings. The minimum Gasteiger partial charge on any atom is -0.445 e. The van der Waals surface area contributed by atoms with Gasteiger partial charge >= 0.3 is 6.09 Å². The first kappa shape index (κ1) is 11.6. The van der Waals surface area contributed by atoms with Crippen LogP contribution >= 0.6 is 0 Å². The number of Topliss-reactive ketones (excluding diaryl/α,β-unsaturated/α-hetero) is 1. The normalized spacial score (nSPS) is 15.1. The molecule has 90 valence electrons. The summed E-state index contributed by atoms with van der Waals surface area (Å²) >= 11 is 0. The van der Waals surface area contributed by atoms with Crippen molar-refractivity contribution in [2.24, 2.45) is 0 Å². The zero-order valence-electron chi connectivity index (χ0n) is 9.81. The van der Waals surface area contributed by atoms with Gasteiger partial charge in [0.15, 0.2) is 5.78 Å². The molecule has 0 unspecified atom stereocenters. The third-order valence-electron chi connectivity index (χ3n) is 2.90. The summed E-state index contributed by atoms with van der Waals surface area (Å²) in [5, 5.41) is 0. The number of amides is 1. The second kappa shape index (κ2) is 4.99. The van der Waals surface area contributed by atoms with Crippen LogP contribution in [0.5, 0.6) is 0 Å². The van der Waals surface area contributed by atoms with Gasteiger partial charge in [-0.2, -0.15) is 0 Å². The van der Waals surface area contributed by atoms with E-state index >= 15 is 0 Å². The van der Waals surface area contributed by atoms with Gasteiger partial charge in [-0.15, -0.1) is 0 Å². The number of ketones is 1. The van der Waals surface area contributed by atoms with E-state index < -0.39 is 6.09 Å². The van der Waals surface area contributed by atoms with Crippen molar-refractivity contribution in [3.05, 3.63) is 35.4 Å². The van der Waals surface area contributed by atoms with Crippen molar-refractivity contribution in [1.29, 1.82) is 0 Å². The van der Waals surface area contributed by atoms with Crippen molar-refractivity contribution in [1.82, 2.24) is 4.90 Å². The van der Waals surface area contributed by atoms with Gasteiger partial charge in [0, 0.05) is 13.0 Å². The van der Waals surface area contributed by atoms with Gasteiger partial charge in [-0.1, -0.05) is 24.3 Å². The Balaban J connectivity index is 1.88. The SMILES string of the molecule is Cc1ccccc1COC(=O)N1CCC(=O)C1.